The van der Waals surface area contributed by atoms with Crippen LogP contribution in [-0.4, -0.2) is 29.6 Å². The minimum Gasteiger partial charge on any atom is -0.480 e. The summed E-state index contributed by atoms with van der Waals surface area (Å²) in [4.78, 5) is 21.2. The minimum absolute atomic E-state index is 0.151. The van der Waals surface area contributed by atoms with Crippen LogP contribution in [0.25, 0.3) is 0 Å². The van der Waals surface area contributed by atoms with Gasteiger partial charge >= 0.3 is 5.97 Å². The van der Waals surface area contributed by atoms with Crippen molar-refractivity contribution in [2.75, 3.05) is 6.54 Å². The molecule has 0 aliphatic heterocycles. The second-order valence-corrected chi connectivity index (χ2v) is 3.22. The van der Waals surface area contributed by atoms with Crippen molar-refractivity contribution < 1.29 is 14.7 Å². The number of nitrogens with one attached hydrogen (secondary N) is 1. The third kappa shape index (κ3) is 6.42. The maximum atomic E-state index is 10.6. The molecule has 5 heteroatoms. The normalized spacial score (nSPS) is 12.4. The molecule has 5 nitrogen and oxygen atoms in total. The second-order valence-electron chi connectivity index (χ2n) is 3.22. The quantitative estimate of drug-likeness (QED) is 0.486. The van der Waals surface area contributed by atoms with Crippen molar-refractivity contribution >= 4 is 11.9 Å². The van der Waals surface area contributed by atoms with E-state index in [0.29, 0.717) is 6.54 Å². The lowest BCUT2D eigenvalue weighted by Gasteiger charge is -2.11. The molecule has 0 radical (unpaired) electrons. The predicted molar refractivity (Wildman–Crippen MR) is 52.8 cm³/mol. The molecule has 0 saturated carbocycles. The van der Waals surface area contributed by atoms with Crippen molar-refractivity contribution in [1.29, 1.82) is 0 Å². The average molecular weight is 202 g/mol. The Kier molecular flexibility index (Phi) is 6.74. The van der Waals surface area contributed by atoms with Gasteiger partial charge in [0.15, 0.2) is 0 Å². The molecular formula is C9H18N2O3. The van der Waals surface area contributed by atoms with Crippen LogP contribution in [0, 0.1) is 0 Å². The summed E-state index contributed by atoms with van der Waals surface area (Å²) in [5.74, 6) is -1.62. The number of hydrogen-bond donors (Lipinski definition) is 3. The van der Waals surface area contributed by atoms with Crippen molar-refractivity contribution in [1.82, 2.24) is 5.32 Å². The van der Waals surface area contributed by atoms with Gasteiger partial charge in [-0.2, -0.15) is 0 Å². The van der Waals surface area contributed by atoms with Crippen LogP contribution in [-0.2, 0) is 9.59 Å². The molecule has 1 amide bonds. The molecule has 1 unspecified atom stereocenters. The second kappa shape index (κ2) is 7.32. The SMILES string of the molecule is CCCCCNC(CC(N)=O)C(=O)O. The topological polar surface area (TPSA) is 92.4 Å². The van der Waals surface area contributed by atoms with Gasteiger partial charge in [0.25, 0.3) is 0 Å². The molecule has 0 fully saturated rings. The summed E-state index contributed by atoms with van der Waals surface area (Å²) in [6.07, 6.45) is 2.89. The van der Waals surface area contributed by atoms with E-state index in [2.05, 4.69) is 12.2 Å². The van der Waals surface area contributed by atoms with E-state index in [9.17, 15) is 9.59 Å². The maximum Gasteiger partial charge on any atom is 0.321 e. The minimum atomic E-state index is -1.03. The monoisotopic (exact) mass is 202 g/mol. The van der Waals surface area contributed by atoms with Crippen molar-refractivity contribution in [3.8, 4) is 0 Å². The molecule has 0 spiro atoms. The number of amides is 1. The van der Waals surface area contributed by atoms with Gasteiger partial charge in [0.2, 0.25) is 5.91 Å². The Balaban J connectivity index is 3.74. The highest BCUT2D eigenvalue weighted by Crippen LogP contribution is 1.95. The molecular weight excluding hydrogens is 184 g/mol. The predicted octanol–water partition coefficient (Wildman–Crippen LogP) is 0.0948. The summed E-state index contributed by atoms with van der Waals surface area (Å²) in [6, 6.07) is -0.843. The Labute approximate surface area is 83.7 Å². The van der Waals surface area contributed by atoms with E-state index in [1.807, 2.05) is 0 Å². The Morgan fingerprint density at radius 3 is 2.50 bits per heavy atom. The fraction of sp³-hybridized carbons (Fsp3) is 0.778. The Morgan fingerprint density at radius 2 is 2.07 bits per heavy atom. The number of carboxylic acid groups (broad SMARTS) is 1. The van der Waals surface area contributed by atoms with Gasteiger partial charge in [-0.05, 0) is 13.0 Å². The molecule has 0 aliphatic rings. The molecule has 0 bridgehead atoms. The molecule has 0 aromatic heterocycles. The lowest BCUT2D eigenvalue weighted by molar-refractivity contribution is -0.141. The van der Waals surface area contributed by atoms with Crippen molar-refractivity contribution in [2.24, 2.45) is 5.73 Å². The fourth-order valence-corrected chi connectivity index (χ4v) is 1.10. The molecule has 4 N–H and O–H groups in total. The Hall–Kier alpha value is -1.10. The van der Waals surface area contributed by atoms with Crippen LogP contribution >= 0.6 is 0 Å². The molecule has 0 rings (SSSR count). The first kappa shape index (κ1) is 12.9. The van der Waals surface area contributed by atoms with Crippen molar-refractivity contribution in [3.05, 3.63) is 0 Å². The van der Waals surface area contributed by atoms with Crippen LogP contribution in [0.4, 0.5) is 0 Å². The van der Waals surface area contributed by atoms with Gasteiger partial charge in [-0.15, -0.1) is 0 Å². The first-order valence-corrected chi connectivity index (χ1v) is 4.82. The lowest BCUT2D eigenvalue weighted by Crippen LogP contribution is -2.40. The largest absolute Gasteiger partial charge is 0.480 e. The number of carboxylic acids is 1. The number of carbonyl (C=O) groups excluding carboxylic acids is 1. The van der Waals surface area contributed by atoms with Crippen LogP contribution in [0.3, 0.4) is 0 Å². The Morgan fingerprint density at radius 1 is 1.43 bits per heavy atom. The van der Waals surface area contributed by atoms with E-state index in [1.165, 1.54) is 0 Å². The first-order valence-electron chi connectivity index (χ1n) is 4.82. The average Bonchev–Trinajstić information content (AvgIpc) is 2.09. The number of aliphatic carboxylic acids is 1. The van der Waals surface area contributed by atoms with Crippen LogP contribution in [0.5, 0.6) is 0 Å². The van der Waals surface area contributed by atoms with Crippen molar-refractivity contribution in [2.45, 2.75) is 38.6 Å². The zero-order valence-corrected chi connectivity index (χ0v) is 8.45. The molecule has 82 valence electrons. The summed E-state index contributed by atoms with van der Waals surface area (Å²) in [7, 11) is 0. The van der Waals surface area contributed by atoms with E-state index >= 15 is 0 Å². The molecule has 0 aromatic carbocycles. The van der Waals surface area contributed by atoms with Gasteiger partial charge < -0.3 is 16.2 Å². The van der Waals surface area contributed by atoms with Gasteiger partial charge in [-0.25, -0.2) is 0 Å². The summed E-state index contributed by atoms with van der Waals surface area (Å²) >= 11 is 0. The molecule has 0 aliphatic carbocycles. The highest BCUT2D eigenvalue weighted by Gasteiger charge is 2.18. The zero-order chi connectivity index (χ0) is 11.0. The summed E-state index contributed by atoms with van der Waals surface area (Å²) in [5, 5.41) is 11.5. The first-order chi connectivity index (χ1) is 6.57. The van der Waals surface area contributed by atoms with Crippen LogP contribution < -0.4 is 11.1 Å². The van der Waals surface area contributed by atoms with Gasteiger partial charge in [0, 0.05) is 0 Å². The van der Waals surface area contributed by atoms with Gasteiger partial charge in [-0.1, -0.05) is 19.8 Å². The lowest BCUT2D eigenvalue weighted by atomic mass is 10.2. The standard InChI is InChI=1S/C9H18N2O3/c1-2-3-4-5-11-7(9(13)14)6-8(10)12/h7,11H,2-6H2,1H3,(H2,10,12)(H,13,14). The number of nitrogens with two attached hydrogens (primary N) is 1. The van der Waals surface area contributed by atoms with Crippen molar-refractivity contribution in [3.63, 3.8) is 0 Å². The highest BCUT2D eigenvalue weighted by atomic mass is 16.4. The number of rotatable bonds is 8. The third-order valence-electron chi connectivity index (χ3n) is 1.87. The van der Waals surface area contributed by atoms with Crippen LogP contribution in [0.15, 0.2) is 0 Å². The fourth-order valence-electron chi connectivity index (χ4n) is 1.10. The summed E-state index contributed by atoms with van der Waals surface area (Å²) in [6.45, 7) is 2.68. The van der Waals surface area contributed by atoms with E-state index < -0.39 is 17.9 Å². The molecule has 0 saturated heterocycles. The van der Waals surface area contributed by atoms with Gasteiger partial charge in [0.05, 0.1) is 6.42 Å². The van der Waals surface area contributed by atoms with Crippen LogP contribution in [0.1, 0.15) is 32.6 Å². The molecule has 1 atom stereocenters. The van der Waals surface area contributed by atoms with Gasteiger partial charge in [-0.3, -0.25) is 9.59 Å². The third-order valence-corrected chi connectivity index (χ3v) is 1.87. The number of hydrogen-bond acceptors (Lipinski definition) is 3. The summed E-state index contributed by atoms with van der Waals surface area (Å²) < 4.78 is 0. The highest BCUT2D eigenvalue weighted by molar-refractivity contribution is 5.83. The maximum absolute atomic E-state index is 10.6. The zero-order valence-electron chi connectivity index (χ0n) is 8.45. The van der Waals surface area contributed by atoms with E-state index in [4.69, 9.17) is 10.8 Å². The van der Waals surface area contributed by atoms with Crippen LogP contribution in [0.2, 0.25) is 0 Å². The molecule has 0 heterocycles. The molecule has 0 aromatic rings. The number of unbranched alkanes of at least 4 members (excludes halogenated alkanes) is 2. The molecule has 14 heavy (non-hydrogen) atoms. The van der Waals surface area contributed by atoms with Gasteiger partial charge in [0.1, 0.15) is 6.04 Å². The van der Waals surface area contributed by atoms with E-state index in [1.54, 1.807) is 0 Å². The number of carbonyl (C=O) groups is 2. The summed E-state index contributed by atoms with van der Waals surface area (Å²) in [5.41, 5.74) is 4.92. The smallest absolute Gasteiger partial charge is 0.321 e. The van der Waals surface area contributed by atoms with E-state index in [0.717, 1.165) is 19.3 Å². The van der Waals surface area contributed by atoms with E-state index in [-0.39, 0.29) is 6.42 Å². The Bertz CT molecular complexity index is 194. The number of primary amides is 1.